The summed E-state index contributed by atoms with van der Waals surface area (Å²) in [5.74, 6) is 0.138. The van der Waals surface area contributed by atoms with Crippen molar-refractivity contribution < 1.29 is 13.9 Å². The van der Waals surface area contributed by atoms with Gasteiger partial charge in [0.15, 0.2) is 0 Å². The van der Waals surface area contributed by atoms with Gasteiger partial charge in [0.2, 0.25) is 5.91 Å². The zero-order chi connectivity index (χ0) is 15.1. The van der Waals surface area contributed by atoms with Crippen molar-refractivity contribution in [2.45, 2.75) is 26.3 Å². The number of halogens is 1. The van der Waals surface area contributed by atoms with Crippen molar-refractivity contribution in [1.82, 2.24) is 10.2 Å². The van der Waals surface area contributed by atoms with E-state index in [9.17, 15) is 9.18 Å². The predicted molar refractivity (Wildman–Crippen MR) is 77.3 cm³/mol. The highest BCUT2D eigenvalue weighted by Gasteiger charge is 2.11. The molecule has 0 fully saturated rings. The number of ether oxygens (including phenoxy) is 1. The maximum absolute atomic E-state index is 13.9. The highest BCUT2D eigenvalue weighted by Crippen LogP contribution is 2.21. The third-order valence-corrected chi connectivity index (χ3v) is 3.03. The van der Waals surface area contributed by atoms with Gasteiger partial charge < -0.3 is 15.0 Å². The molecule has 20 heavy (non-hydrogen) atoms. The first-order valence-corrected chi connectivity index (χ1v) is 6.81. The predicted octanol–water partition coefficient (Wildman–Crippen LogP) is 2.35. The summed E-state index contributed by atoms with van der Waals surface area (Å²) >= 11 is 0. The SMILES string of the molecule is CCNC(C)c1ccc(OCCC(=O)N(C)C)cc1F. The third-order valence-electron chi connectivity index (χ3n) is 3.03. The smallest absolute Gasteiger partial charge is 0.225 e. The molecule has 0 saturated heterocycles. The Morgan fingerprint density at radius 3 is 2.70 bits per heavy atom. The molecule has 0 aliphatic rings. The summed E-state index contributed by atoms with van der Waals surface area (Å²) in [6.07, 6.45) is 0.282. The number of carbonyl (C=O) groups excluding carboxylic acids is 1. The van der Waals surface area contributed by atoms with Gasteiger partial charge in [-0.25, -0.2) is 4.39 Å². The first-order valence-electron chi connectivity index (χ1n) is 6.81. The van der Waals surface area contributed by atoms with Crippen molar-refractivity contribution in [1.29, 1.82) is 0 Å². The summed E-state index contributed by atoms with van der Waals surface area (Å²) in [6.45, 7) is 4.93. The Balaban J connectivity index is 2.57. The molecule has 0 saturated carbocycles. The van der Waals surface area contributed by atoms with Crippen molar-refractivity contribution in [2.75, 3.05) is 27.2 Å². The van der Waals surface area contributed by atoms with Crippen molar-refractivity contribution in [3.05, 3.63) is 29.6 Å². The molecular formula is C15H23FN2O2. The lowest BCUT2D eigenvalue weighted by molar-refractivity contribution is -0.129. The Hall–Kier alpha value is -1.62. The second-order valence-corrected chi connectivity index (χ2v) is 4.85. The van der Waals surface area contributed by atoms with Crippen LogP contribution in [0.15, 0.2) is 18.2 Å². The molecule has 0 aliphatic carbocycles. The topological polar surface area (TPSA) is 41.6 Å². The van der Waals surface area contributed by atoms with Crippen LogP contribution in [0.1, 0.15) is 31.9 Å². The molecule has 1 aromatic rings. The van der Waals surface area contributed by atoms with E-state index < -0.39 is 0 Å². The maximum atomic E-state index is 13.9. The Morgan fingerprint density at radius 2 is 2.15 bits per heavy atom. The molecule has 5 heteroatoms. The minimum absolute atomic E-state index is 0.0112. The highest BCUT2D eigenvalue weighted by atomic mass is 19.1. The second-order valence-electron chi connectivity index (χ2n) is 4.85. The molecule has 4 nitrogen and oxygen atoms in total. The summed E-state index contributed by atoms with van der Waals surface area (Å²) in [6, 6.07) is 4.77. The molecule has 112 valence electrons. The van der Waals surface area contributed by atoms with Crippen LogP contribution >= 0.6 is 0 Å². The van der Waals surface area contributed by atoms with E-state index >= 15 is 0 Å². The number of hydrogen-bond acceptors (Lipinski definition) is 3. The van der Waals surface area contributed by atoms with Crippen LogP contribution in [0.3, 0.4) is 0 Å². The van der Waals surface area contributed by atoms with Crippen LogP contribution in [0.5, 0.6) is 5.75 Å². The van der Waals surface area contributed by atoms with E-state index in [2.05, 4.69) is 5.32 Å². The number of carbonyl (C=O) groups is 1. The molecule has 1 atom stereocenters. The van der Waals surface area contributed by atoms with Gasteiger partial charge in [-0.15, -0.1) is 0 Å². The average Bonchev–Trinajstić information content (AvgIpc) is 2.38. The van der Waals surface area contributed by atoms with Gasteiger partial charge >= 0.3 is 0 Å². The van der Waals surface area contributed by atoms with Crippen LogP contribution < -0.4 is 10.1 Å². The van der Waals surface area contributed by atoms with Gasteiger partial charge in [-0.05, 0) is 19.5 Å². The molecule has 1 unspecified atom stereocenters. The summed E-state index contributed by atoms with van der Waals surface area (Å²) in [7, 11) is 3.39. The molecule has 1 amide bonds. The number of rotatable bonds is 7. The number of nitrogens with zero attached hydrogens (tertiary/aromatic N) is 1. The quantitative estimate of drug-likeness (QED) is 0.834. The van der Waals surface area contributed by atoms with Gasteiger partial charge in [0.1, 0.15) is 11.6 Å². The highest BCUT2D eigenvalue weighted by molar-refractivity contribution is 5.75. The van der Waals surface area contributed by atoms with E-state index in [0.29, 0.717) is 11.3 Å². The monoisotopic (exact) mass is 282 g/mol. The molecule has 0 radical (unpaired) electrons. The minimum Gasteiger partial charge on any atom is -0.493 e. The lowest BCUT2D eigenvalue weighted by atomic mass is 10.1. The van der Waals surface area contributed by atoms with E-state index in [1.54, 1.807) is 26.2 Å². The van der Waals surface area contributed by atoms with Crippen LogP contribution in [0.4, 0.5) is 4.39 Å². The van der Waals surface area contributed by atoms with Crippen LogP contribution in [0, 0.1) is 5.82 Å². The van der Waals surface area contributed by atoms with Crippen LogP contribution in [0.25, 0.3) is 0 Å². The molecular weight excluding hydrogens is 259 g/mol. The van der Waals surface area contributed by atoms with E-state index in [-0.39, 0.29) is 30.8 Å². The van der Waals surface area contributed by atoms with Gasteiger partial charge in [0.25, 0.3) is 0 Å². The lowest BCUT2D eigenvalue weighted by Gasteiger charge is -2.15. The van der Waals surface area contributed by atoms with Crippen molar-refractivity contribution in [3.63, 3.8) is 0 Å². The van der Waals surface area contributed by atoms with Gasteiger partial charge in [0.05, 0.1) is 13.0 Å². The fourth-order valence-corrected chi connectivity index (χ4v) is 1.84. The Morgan fingerprint density at radius 1 is 1.45 bits per heavy atom. The summed E-state index contributed by atoms with van der Waals surface area (Å²) in [4.78, 5) is 12.9. The fraction of sp³-hybridized carbons (Fsp3) is 0.533. The molecule has 1 N–H and O–H groups in total. The van der Waals surface area contributed by atoms with Gasteiger partial charge in [-0.2, -0.15) is 0 Å². The standard InChI is InChI=1S/C15H23FN2O2/c1-5-17-11(2)13-7-6-12(10-14(13)16)20-9-8-15(19)18(3)4/h6-7,10-11,17H,5,8-9H2,1-4H3. The Kier molecular flexibility index (Phi) is 6.45. The van der Waals surface area contributed by atoms with Crippen LogP contribution in [-0.4, -0.2) is 38.1 Å². The second kappa shape index (κ2) is 7.85. The zero-order valence-electron chi connectivity index (χ0n) is 12.6. The number of benzene rings is 1. The number of amides is 1. The first-order chi connectivity index (χ1) is 9.45. The molecule has 1 rings (SSSR count). The number of hydrogen-bond donors (Lipinski definition) is 1. The number of nitrogens with one attached hydrogen (secondary N) is 1. The third kappa shape index (κ3) is 4.81. The van der Waals surface area contributed by atoms with E-state index in [0.717, 1.165) is 6.54 Å². The summed E-state index contributed by atoms with van der Waals surface area (Å²) in [5.41, 5.74) is 0.614. The minimum atomic E-state index is -0.296. The van der Waals surface area contributed by atoms with Crippen LogP contribution in [-0.2, 0) is 4.79 Å². The molecule has 0 aliphatic heterocycles. The summed E-state index contributed by atoms with van der Waals surface area (Å²) in [5, 5.41) is 3.16. The maximum Gasteiger partial charge on any atom is 0.225 e. The molecule has 0 heterocycles. The van der Waals surface area contributed by atoms with Crippen molar-refractivity contribution in [3.8, 4) is 5.75 Å². The summed E-state index contributed by atoms with van der Waals surface area (Å²) < 4.78 is 19.3. The van der Waals surface area contributed by atoms with Crippen molar-refractivity contribution >= 4 is 5.91 Å². The fourth-order valence-electron chi connectivity index (χ4n) is 1.84. The first kappa shape index (κ1) is 16.4. The van der Waals surface area contributed by atoms with Gasteiger partial charge in [-0.1, -0.05) is 13.0 Å². The molecule has 0 aromatic heterocycles. The van der Waals surface area contributed by atoms with Gasteiger partial charge in [0, 0.05) is 31.8 Å². The largest absolute Gasteiger partial charge is 0.493 e. The normalized spacial score (nSPS) is 12.1. The zero-order valence-corrected chi connectivity index (χ0v) is 12.6. The lowest BCUT2D eigenvalue weighted by Crippen LogP contribution is -2.23. The Bertz CT molecular complexity index is 449. The van der Waals surface area contributed by atoms with Gasteiger partial charge in [-0.3, -0.25) is 4.79 Å². The molecule has 0 bridgehead atoms. The average molecular weight is 282 g/mol. The molecule has 1 aromatic carbocycles. The van der Waals surface area contributed by atoms with Crippen molar-refractivity contribution in [2.24, 2.45) is 0 Å². The van der Waals surface area contributed by atoms with E-state index in [1.807, 2.05) is 13.8 Å². The molecule has 0 spiro atoms. The Labute approximate surface area is 119 Å². The van der Waals surface area contributed by atoms with E-state index in [4.69, 9.17) is 4.74 Å². The van der Waals surface area contributed by atoms with Crippen LogP contribution in [0.2, 0.25) is 0 Å². The van der Waals surface area contributed by atoms with E-state index in [1.165, 1.54) is 11.0 Å².